The number of aliphatic imine (C=N–C) groups is 1. The molecule has 2 N–H and O–H groups in total. The predicted octanol–water partition coefficient (Wildman–Crippen LogP) is 3.04. The van der Waals surface area contributed by atoms with Crippen molar-refractivity contribution in [3.8, 4) is 0 Å². The number of nitrogens with zero attached hydrogens (tertiary/aromatic N) is 1. The number of benzene rings is 1. The van der Waals surface area contributed by atoms with Gasteiger partial charge in [-0.1, -0.05) is 24.3 Å². The third-order valence-corrected chi connectivity index (χ3v) is 3.35. The lowest BCUT2D eigenvalue weighted by Crippen LogP contribution is -2.42. The van der Waals surface area contributed by atoms with E-state index in [1.165, 1.54) is 17.5 Å². The Morgan fingerprint density at radius 2 is 2.00 bits per heavy atom. The maximum Gasteiger partial charge on any atom is 0.191 e. The van der Waals surface area contributed by atoms with Crippen LogP contribution in [0.5, 0.6) is 0 Å². The molecule has 19 heavy (non-hydrogen) atoms. The van der Waals surface area contributed by atoms with Crippen LogP contribution in [0, 0.1) is 6.92 Å². The Hall–Kier alpha value is -0.780. The average molecular weight is 373 g/mol. The average Bonchev–Trinajstić information content (AvgIpc) is 3.07. The zero-order valence-electron chi connectivity index (χ0n) is 12.1. The van der Waals surface area contributed by atoms with Crippen molar-refractivity contribution in [3.63, 3.8) is 0 Å². The number of halogens is 1. The Balaban J connectivity index is 0.00000180. The van der Waals surface area contributed by atoms with Gasteiger partial charge in [0, 0.05) is 25.0 Å². The molecule has 1 aliphatic carbocycles. The van der Waals surface area contributed by atoms with Crippen LogP contribution < -0.4 is 10.6 Å². The van der Waals surface area contributed by atoms with Crippen molar-refractivity contribution < 1.29 is 0 Å². The van der Waals surface area contributed by atoms with E-state index >= 15 is 0 Å². The first-order valence-electron chi connectivity index (χ1n) is 6.67. The van der Waals surface area contributed by atoms with Gasteiger partial charge in [0.05, 0.1) is 0 Å². The zero-order valence-corrected chi connectivity index (χ0v) is 14.4. The SMILES string of the molecule is CN=C(NC(C)C)NC1CC1c1ccccc1C.I. The van der Waals surface area contributed by atoms with Crippen molar-refractivity contribution in [2.24, 2.45) is 4.99 Å². The van der Waals surface area contributed by atoms with E-state index in [0.29, 0.717) is 18.0 Å². The molecule has 0 aromatic heterocycles. The lowest BCUT2D eigenvalue weighted by molar-refractivity contribution is 0.695. The molecular weight excluding hydrogens is 349 g/mol. The van der Waals surface area contributed by atoms with Crippen LogP contribution in [-0.2, 0) is 0 Å². The number of hydrogen-bond donors (Lipinski definition) is 2. The van der Waals surface area contributed by atoms with Crippen LogP contribution in [0.15, 0.2) is 29.3 Å². The molecule has 1 aliphatic rings. The van der Waals surface area contributed by atoms with Crippen LogP contribution in [-0.4, -0.2) is 25.1 Å². The summed E-state index contributed by atoms with van der Waals surface area (Å²) in [5, 5.41) is 6.81. The molecule has 3 nitrogen and oxygen atoms in total. The minimum Gasteiger partial charge on any atom is -0.354 e. The quantitative estimate of drug-likeness (QED) is 0.486. The molecule has 1 aromatic rings. The minimum atomic E-state index is 0. The van der Waals surface area contributed by atoms with Crippen LogP contribution in [0.4, 0.5) is 0 Å². The lowest BCUT2D eigenvalue weighted by Gasteiger charge is -2.14. The Labute approximate surface area is 133 Å². The van der Waals surface area contributed by atoms with Crippen molar-refractivity contribution in [2.45, 2.75) is 45.2 Å². The molecule has 2 atom stereocenters. The van der Waals surface area contributed by atoms with Gasteiger partial charge in [0.15, 0.2) is 5.96 Å². The summed E-state index contributed by atoms with van der Waals surface area (Å²) < 4.78 is 0. The Morgan fingerprint density at radius 1 is 1.32 bits per heavy atom. The topological polar surface area (TPSA) is 36.4 Å². The Kier molecular flexibility index (Phi) is 6.10. The molecule has 1 fully saturated rings. The predicted molar refractivity (Wildman–Crippen MR) is 92.5 cm³/mol. The monoisotopic (exact) mass is 373 g/mol. The summed E-state index contributed by atoms with van der Waals surface area (Å²) in [5.74, 6) is 1.54. The van der Waals surface area contributed by atoms with Gasteiger partial charge in [0.1, 0.15) is 0 Å². The van der Waals surface area contributed by atoms with Gasteiger partial charge in [0.2, 0.25) is 0 Å². The van der Waals surface area contributed by atoms with E-state index in [1.54, 1.807) is 0 Å². The number of hydrogen-bond acceptors (Lipinski definition) is 1. The van der Waals surface area contributed by atoms with Crippen LogP contribution in [0.25, 0.3) is 0 Å². The van der Waals surface area contributed by atoms with Gasteiger partial charge >= 0.3 is 0 Å². The maximum atomic E-state index is 4.25. The summed E-state index contributed by atoms with van der Waals surface area (Å²) in [5.41, 5.74) is 2.86. The van der Waals surface area contributed by atoms with E-state index in [1.807, 2.05) is 7.05 Å². The Bertz CT molecular complexity index is 443. The highest BCUT2D eigenvalue weighted by Gasteiger charge is 2.39. The fraction of sp³-hybridized carbons (Fsp3) is 0.533. The highest BCUT2D eigenvalue weighted by atomic mass is 127. The minimum absolute atomic E-state index is 0. The fourth-order valence-electron chi connectivity index (χ4n) is 2.32. The first kappa shape index (κ1) is 16.3. The second kappa shape index (κ2) is 7.12. The van der Waals surface area contributed by atoms with Gasteiger partial charge in [-0.25, -0.2) is 0 Å². The van der Waals surface area contributed by atoms with Crippen LogP contribution >= 0.6 is 24.0 Å². The largest absolute Gasteiger partial charge is 0.354 e. The highest BCUT2D eigenvalue weighted by Crippen LogP contribution is 2.41. The van der Waals surface area contributed by atoms with E-state index in [9.17, 15) is 0 Å². The first-order chi connectivity index (χ1) is 8.61. The van der Waals surface area contributed by atoms with Crippen molar-refractivity contribution in [1.29, 1.82) is 0 Å². The van der Waals surface area contributed by atoms with Crippen LogP contribution in [0.1, 0.15) is 37.3 Å². The summed E-state index contributed by atoms with van der Waals surface area (Å²) in [6.45, 7) is 6.43. The molecule has 1 saturated carbocycles. The van der Waals surface area contributed by atoms with Crippen molar-refractivity contribution in [2.75, 3.05) is 7.05 Å². The second-order valence-corrected chi connectivity index (χ2v) is 5.32. The number of guanidine groups is 1. The summed E-state index contributed by atoms with van der Waals surface area (Å²) in [4.78, 5) is 4.25. The van der Waals surface area contributed by atoms with Gasteiger partial charge in [-0.2, -0.15) is 0 Å². The van der Waals surface area contributed by atoms with Gasteiger partial charge in [0.25, 0.3) is 0 Å². The third-order valence-electron chi connectivity index (χ3n) is 3.35. The summed E-state index contributed by atoms with van der Waals surface area (Å²) >= 11 is 0. The second-order valence-electron chi connectivity index (χ2n) is 5.32. The molecule has 0 spiro atoms. The molecule has 4 heteroatoms. The van der Waals surface area contributed by atoms with E-state index in [0.717, 1.165) is 5.96 Å². The fourth-order valence-corrected chi connectivity index (χ4v) is 2.32. The van der Waals surface area contributed by atoms with E-state index in [-0.39, 0.29) is 24.0 Å². The molecule has 106 valence electrons. The molecule has 2 unspecified atom stereocenters. The van der Waals surface area contributed by atoms with Crippen molar-refractivity contribution in [1.82, 2.24) is 10.6 Å². The van der Waals surface area contributed by atoms with Gasteiger partial charge in [-0.05, 0) is 38.3 Å². The lowest BCUT2D eigenvalue weighted by atomic mass is 10.0. The summed E-state index contributed by atoms with van der Waals surface area (Å²) in [6, 6.07) is 9.58. The maximum absolute atomic E-state index is 4.25. The van der Waals surface area contributed by atoms with Gasteiger partial charge in [-0.3, -0.25) is 4.99 Å². The van der Waals surface area contributed by atoms with E-state index in [4.69, 9.17) is 0 Å². The molecule has 0 aliphatic heterocycles. The van der Waals surface area contributed by atoms with Gasteiger partial charge in [-0.15, -0.1) is 24.0 Å². The zero-order chi connectivity index (χ0) is 13.1. The summed E-state index contributed by atoms with van der Waals surface area (Å²) in [7, 11) is 1.82. The van der Waals surface area contributed by atoms with Crippen molar-refractivity contribution >= 4 is 29.9 Å². The highest BCUT2D eigenvalue weighted by molar-refractivity contribution is 14.0. The van der Waals surface area contributed by atoms with Gasteiger partial charge < -0.3 is 10.6 Å². The standard InChI is InChI=1S/C15H23N3.HI/c1-10(2)17-15(16-4)18-14-9-13(14)12-8-6-5-7-11(12)3;/h5-8,10,13-14H,9H2,1-4H3,(H2,16,17,18);1H. The summed E-state index contributed by atoms with van der Waals surface area (Å²) in [6.07, 6.45) is 1.20. The molecule has 0 amide bonds. The molecule has 0 radical (unpaired) electrons. The molecule has 0 heterocycles. The van der Waals surface area contributed by atoms with E-state index < -0.39 is 0 Å². The number of nitrogens with one attached hydrogen (secondary N) is 2. The molecule has 0 bridgehead atoms. The van der Waals surface area contributed by atoms with Crippen molar-refractivity contribution in [3.05, 3.63) is 35.4 Å². The molecule has 1 aromatic carbocycles. The Morgan fingerprint density at radius 3 is 2.58 bits per heavy atom. The van der Waals surface area contributed by atoms with E-state index in [2.05, 4.69) is 60.7 Å². The smallest absolute Gasteiger partial charge is 0.191 e. The molecule has 0 saturated heterocycles. The normalized spacial score (nSPS) is 21.8. The third kappa shape index (κ3) is 4.37. The van der Waals surface area contributed by atoms with Crippen LogP contribution in [0.3, 0.4) is 0 Å². The number of rotatable bonds is 3. The first-order valence-corrected chi connectivity index (χ1v) is 6.67. The van der Waals surface area contributed by atoms with Crippen LogP contribution in [0.2, 0.25) is 0 Å². The molecule has 2 rings (SSSR count). The number of aryl methyl sites for hydroxylation is 1. The molecular formula is C15H24IN3.